The van der Waals surface area contributed by atoms with Crippen LogP contribution in [0.15, 0.2) is 78.2 Å². The lowest BCUT2D eigenvalue weighted by Gasteiger charge is -2.19. The van der Waals surface area contributed by atoms with Crippen LogP contribution >= 0.6 is 11.3 Å². The van der Waals surface area contributed by atoms with Crippen molar-refractivity contribution in [2.45, 2.75) is 32.8 Å². The summed E-state index contributed by atoms with van der Waals surface area (Å²) in [7, 11) is 1.64. The van der Waals surface area contributed by atoms with Crippen molar-refractivity contribution in [1.29, 1.82) is 0 Å². The third kappa shape index (κ3) is 5.83. The number of amides is 1. The van der Waals surface area contributed by atoms with E-state index in [1.54, 1.807) is 19.2 Å². The van der Waals surface area contributed by atoms with E-state index in [0.717, 1.165) is 28.3 Å². The number of carbonyl (C=O) groups is 1. The van der Waals surface area contributed by atoms with E-state index in [-0.39, 0.29) is 11.3 Å². The molecule has 0 unspecified atom stereocenters. The Kier molecular flexibility index (Phi) is 6.98. The summed E-state index contributed by atoms with van der Waals surface area (Å²) in [4.78, 5) is 17.2. The van der Waals surface area contributed by atoms with Gasteiger partial charge in [0.1, 0.15) is 18.1 Å². The van der Waals surface area contributed by atoms with Crippen molar-refractivity contribution < 1.29 is 14.3 Å². The number of ether oxygens (including phenoxy) is 2. The van der Waals surface area contributed by atoms with Gasteiger partial charge in [0.05, 0.1) is 12.8 Å². The Morgan fingerprint density at radius 3 is 2.18 bits per heavy atom. The standard InChI is InChI=1S/C28H28N2O3S/c1-28(2,3)22-11-15-24(16-12-22)33-17-19-5-7-21(8-6-19)26(31)30-27-29-25(18-34-27)20-9-13-23(32-4)14-10-20/h5-16,18H,17H2,1-4H3,(H,29,30,31). The summed E-state index contributed by atoms with van der Waals surface area (Å²) in [6.45, 7) is 7.01. The van der Waals surface area contributed by atoms with Gasteiger partial charge < -0.3 is 9.47 Å². The molecule has 1 N–H and O–H groups in total. The summed E-state index contributed by atoms with van der Waals surface area (Å²) in [5, 5.41) is 5.36. The Hall–Kier alpha value is -3.64. The SMILES string of the molecule is COc1ccc(-c2csc(NC(=O)c3ccc(COc4ccc(C(C)(C)C)cc4)cc3)n2)cc1. The monoisotopic (exact) mass is 472 g/mol. The van der Waals surface area contributed by atoms with Crippen molar-refractivity contribution in [2.75, 3.05) is 12.4 Å². The Bertz CT molecular complexity index is 1240. The summed E-state index contributed by atoms with van der Waals surface area (Å²) in [6.07, 6.45) is 0. The van der Waals surface area contributed by atoms with Crippen LogP contribution in [-0.2, 0) is 12.0 Å². The van der Waals surface area contributed by atoms with E-state index in [9.17, 15) is 4.79 Å². The van der Waals surface area contributed by atoms with Crippen molar-refractivity contribution in [2.24, 2.45) is 0 Å². The maximum Gasteiger partial charge on any atom is 0.257 e. The van der Waals surface area contributed by atoms with Gasteiger partial charge in [-0.2, -0.15) is 0 Å². The first kappa shape index (κ1) is 23.5. The maximum atomic E-state index is 12.7. The molecule has 34 heavy (non-hydrogen) atoms. The molecule has 5 nitrogen and oxygen atoms in total. The Labute approximate surface area is 204 Å². The summed E-state index contributed by atoms with van der Waals surface area (Å²) < 4.78 is 11.1. The first-order valence-corrected chi connectivity index (χ1v) is 11.9. The number of thiazole rings is 1. The number of methoxy groups -OCH3 is 1. The van der Waals surface area contributed by atoms with E-state index in [0.29, 0.717) is 17.3 Å². The molecule has 174 valence electrons. The van der Waals surface area contributed by atoms with Gasteiger partial charge in [0, 0.05) is 16.5 Å². The van der Waals surface area contributed by atoms with Crippen LogP contribution in [0, 0.1) is 0 Å². The highest BCUT2D eigenvalue weighted by Crippen LogP contribution is 2.27. The zero-order chi connectivity index (χ0) is 24.1. The molecule has 4 aromatic rings. The van der Waals surface area contributed by atoms with Crippen LogP contribution in [-0.4, -0.2) is 18.0 Å². The predicted molar refractivity (Wildman–Crippen MR) is 138 cm³/mol. The van der Waals surface area contributed by atoms with Gasteiger partial charge in [-0.25, -0.2) is 4.98 Å². The van der Waals surface area contributed by atoms with Gasteiger partial charge >= 0.3 is 0 Å². The molecule has 0 radical (unpaired) electrons. The van der Waals surface area contributed by atoms with Gasteiger partial charge in [0.2, 0.25) is 0 Å². The fourth-order valence-corrected chi connectivity index (χ4v) is 4.08. The van der Waals surface area contributed by atoms with Crippen molar-refractivity contribution in [3.8, 4) is 22.8 Å². The molecular weight excluding hydrogens is 444 g/mol. The normalized spacial score (nSPS) is 11.2. The second-order valence-corrected chi connectivity index (χ2v) is 9.84. The van der Waals surface area contributed by atoms with Crippen LogP contribution < -0.4 is 14.8 Å². The lowest BCUT2D eigenvalue weighted by atomic mass is 9.87. The van der Waals surface area contributed by atoms with Crippen molar-refractivity contribution >= 4 is 22.4 Å². The number of rotatable bonds is 7. The van der Waals surface area contributed by atoms with E-state index < -0.39 is 0 Å². The zero-order valence-electron chi connectivity index (χ0n) is 19.8. The van der Waals surface area contributed by atoms with Crippen molar-refractivity contribution in [1.82, 2.24) is 4.98 Å². The minimum absolute atomic E-state index is 0.116. The molecule has 0 saturated carbocycles. The molecule has 0 atom stereocenters. The first-order chi connectivity index (χ1) is 16.3. The molecule has 1 aromatic heterocycles. The molecule has 1 heterocycles. The van der Waals surface area contributed by atoms with E-state index in [1.165, 1.54) is 16.9 Å². The molecular formula is C28H28N2O3S. The molecule has 0 saturated heterocycles. The highest BCUT2D eigenvalue weighted by molar-refractivity contribution is 7.14. The summed E-state index contributed by atoms with van der Waals surface area (Å²) in [5.74, 6) is 1.42. The molecule has 0 spiro atoms. The minimum atomic E-state index is -0.194. The topological polar surface area (TPSA) is 60.5 Å². The van der Waals surface area contributed by atoms with Crippen molar-refractivity contribution in [3.63, 3.8) is 0 Å². The number of nitrogens with one attached hydrogen (secondary N) is 1. The average Bonchev–Trinajstić information content (AvgIpc) is 3.31. The lowest BCUT2D eigenvalue weighted by Crippen LogP contribution is -2.11. The minimum Gasteiger partial charge on any atom is -0.497 e. The van der Waals surface area contributed by atoms with E-state index in [4.69, 9.17) is 9.47 Å². The zero-order valence-corrected chi connectivity index (χ0v) is 20.6. The quantitative estimate of drug-likeness (QED) is 0.316. The van der Waals surface area contributed by atoms with Gasteiger partial charge in [-0.15, -0.1) is 11.3 Å². The number of aromatic nitrogens is 1. The largest absolute Gasteiger partial charge is 0.497 e. The second kappa shape index (κ2) is 10.1. The van der Waals surface area contributed by atoms with Crippen molar-refractivity contribution in [3.05, 3.63) is 94.9 Å². The molecule has 3 aromatic carbocycles. The van der Waals surface area contributed by atoms with Crippen LogP contribution in [0.3, 0.4) is 0 Å². The molecule has 0 bridgehead atoms. The fourth-order valence-electron chi connectivity index (χ4n) is 3.36. The van der Waals surface area contributed by atoms with Crippen LogP contribution in [0.25, 0.3) is 11.3 Å². The summed E-state index contributed by atoms with van der Waals surface area (Å²) >= 11 is 1.39. The smallest absolute Gasteiger partial charge is 0.257 e. The van der Waals surface area contributed by atoms with Crippen LogP contribution in [0.4, 0.5) is 5.13 Å². The Morgan fingerprint density at radius 2 is 1.56 bits per heavy atom. The predicted octanol–water partition coefficient (Wildman–Crippen LogP) is 6.95. The third-order valence-electron chi connectivity index (χ3n) is 5.45. The fraction of sp³-hybridized carbons (Fsp3) is 0.214. The number of hydrogen-bond donors (Lipinski definition) is 1. The molecule has 0 aliphatic carbocycles. The van der Waals surface area contributed by atoms with Gasteiger partial charge in [-0.3, -0.25) is 10.1 Å². The molecule has 0 fully saturated rings. The number of carbonyl (C=O) groups excluding carboxylic acids is 1. The number of benzene rings is 3. The van der Waals surface area contributed by atoms with Gasteiger partial charge in [0.25, 0.3) is 5.91 Å². The van der Waals surface area contributed by atoms with E-state index in [2.05, 4.69) is 43.2 Å². The molecule has 0 aliphatic rings. The molecule has 1 amide bonds. The number of anilines is 1. The molecule has 0 aliphatic heterocycles. The lowest BCUT2D eigenvalue weighted by molar-refractivity contribution is 0.102. The van der Waals surface area contributed by atoms with Gasteiger partial charge in [-0.05, 0) is 65.1 Å². The highest BCUT2D eigenvalue weighted by atomic mass is 32.1. The highest BCUT2D eigenvalue weighted by Gasteiger charge is 2.13. The molecule has 4 rings (SSSR count). The third-order valence-corrected chi connectivity index (χ3v) is 6.21. The summed E-state index contributed by atoms with van der Waals surface area (Å²) in [6, 6.07) is 23.3. The molecule has 6 heteroatoms. The van der Waals surface area contributed by atoms with Gasteiger partial charge in [-0.1, -0.05) is 45.0 Å². The van der Waals surface area contributed by atoms with E-state index in [1.807, 2.05) is 53.9 Å². The Balaban J connectivity index is 1.33. The van der Waals surface area contributed by atoms with E-state index >= 15 is 0 Å². The van der Waals surface area contributed by atoms with Crippen LogP contribution in [0.2, 0.25) is 0 Å². The first-order valence-electron chi connectivity index (χ1n) is 11.1. The Morgan fingerprint density at radius 1 is 0.912 bits per heavy atom. The summed E-state index contributed by atoms with van der Waals surface area (Å²) in [5.41, 5.74) is 4.73. The van der Waals surface area contributed by atoms with Crippen LogP contribution in [0.5, 0.6) is 11.5 Å². The average molecular weight is 473 g/mol. The second-order valence-electron chi connectivity index (χ2n) is 8.98. The number of hydrogen-bond acceptors (Lipinski definition) is 5. The van der Waals surface area contributed by atoms with Gasteiger partial charge in [0.15, 0.2) is 5.13 Å². The van der Waals surface area contributed by atoms with Crippen LogP contribution in [0.1, 0.15) is 42.3 Å². The number of nitrogens with zero attached hydrogens (tertiary/aromatic N) is 1. The maximum absolute atomic E-state index is 12.7.